The van der Waals surface area contributed by atoms with Gasteiger partial charge in [-0.25, -0.2) is 0 Å². The average Bonchev–Trinajstić information content (AvgIpc) is 2.76. The highest BCUT2D eigenvalue weighted by atomic mass is 16.5. The van der Waals surface area contributed by atoms with Gasteiger partial charge in [-0.3, -0.25) is 9.59 Å². The Balaban J connectivity index is 1.91. The fourth-order valence-corrected chi connectivity index (χ4v) is 5.17. The van der Waals surface area contributed by atoms with Gasteiger partial charge in [0.05, 0.1) is 19.1 Å². The predicted octanol–water partition coefficient (Wildman–Crippen LogP) is 2.16. The van der Waals surface area contributed by atoms with E-state index in [0.717, 1.165) is 5.56 Å². The SMILES string of the molecule is O=C1CC23COCC24C=CC(c2ccccc24)C1C(=O)C3. The molecule has 2 atom stereocenters. The minimum absolute atomic E-state index is 0.0780. The Bertz CT molecular complexity index is 699. The van der Waals surface area contributed by atoms with Crippen LogP contribution in [0.5, 0.6) is 0 Å². The maximum atomic E-state index is 12.7. The van der Waals surface area contributed by atoms with Crippen molar-refractivity contribution in [1.29, 1.82) is 0 Å². The lowest BCUT2D eigenvalue weighted by Gasteiger charge is -2.52. The van der Waals surface area contributed by atoms with Crippen LogP contribution >= 0.6 is 0 Å². The first kappa shape index (κ1) is 11.9. The van der Waals surface area contributed by atoms with Crippen molar-refractivity contribution in [2.75, 3.05) is 13.2 Å². The number of allylic oxidation sites excluding steroid dienone is 1. The van der Waals surface area contributed by atoms with Crippen LogP contribution in [-0.4, -0.2) is 24.8 Å². The number of Topliss-reactive ketones (excluding diaryl/α,β-unsaturated/α-hetero) is 2. The van der Waals surface area contributed by atoms with Crippen molar-refractivity contribution >= 4 is 11.6 Å². The first-order chi connectivity index (χ1) is 10.2. The van der Waals surface area contributed by atoms with Crippen LogP contribution in [-0.2, 0) is 19.7 Å². The quantitative estimate of drug-likeness (QED) is 0.540. The zero-order valence-corrected chi connectivity index (χ0v) is 11.7. The number of rotatable bonds is 0. The molecule has 2 spiro atoms. The summed E-state index contributed by atoms with van der Waals surface area (Å²) in [4.78, 5) is 25.3. The van der Waals surface area contributed by atoms with E-state index in [9.17, 15) is 9.59 Å². The molecule has 1 heterocycles. The molecule has 0 aromatic heterocycles. The number of benzene rings is 1. The Morgan fingerprint density at radius 2 is 1.81 bits per heavy atom. The number of ether oxygens (including phenoxy) is 1. The van der Waals surface area contributed by atoms with Gasteiger partial charge < -0.3 is 4.74 Å². The predicted molar refractivity (Wildman–Crippen MR) is 76.0 cm³/mol. The molecule has 1 aliphatic heterocycles. The topological polar surface area (TPSA) is 43.4 Å². The van der Waals surface area contributed by atoms with Crippen molar-refractivity contribution < 1.29 is 14.3 Å². The second kappa shape index (κ2) is 3.53. The summed E-state index contributed by atoms with van der Waals surface area (Å²) in [5, 5.41) is 0. The zero-order chi connectivity index (χ0) is 14.2. The number of hydrogen-bond donors (Lipinski definition) is 0. The third-order valence-electron chi connectivity index (χ3n) is 6.12. The maximum Gasteiger partial charge on any atom is 0.144 e. The summed E-state index contributed by atoms with van der Waals surface area (Å²) < 4.78 is 5.84. The van der Waals surface area contributed by atoms with Gasteiger partial charge in [-0.2, -0.15) is 0 Å². The molecule has 4 bridgehead atoms. The lowest BCUT2D eigenvalue weighted by atomic mass is 9.47. The van der Waals surface area contributed by atoms with Crippen LogP contribution in [0.1, 0.15) is 29.9 Å². The molecule has 0 N–H and O–H groups in total. The second-order valence-electron chi connectivity index (χ2n) is 6.98. The van der Waals surface area contributed by atoms with Crippen LogP contribution in [0.3, 0.4) is 0 Å². The first-order valence-electron chi connectivity index (χ1n) is 7.59. The Morgan fingerprint density at radius 1 is 1.05 bits per heavy atom. The smallest absolute Gasteiger partial charge is 0.144 e. The Hall–Kier alpha value is -1.74. The second-order valence-corrected chi connectivity index (χ2v) is 6.98. The van der Waals surface area contributed by atoms with Crippen molar-refractivity contribution in [1.82, 2.24) is 0 Å². The van der Waals surface area contributed by atoms with Gasteiger partial charge in [0.1, 0.15) is 11.6 Å². The molecule has 21 heavy (non-hydrogen) atoms. The van der Waals surface area contributed by atoms with E-state index >= 15 is 0 Å². The first-order valence-corrected chi connectivity index (χ1v) is 7.59. The summed E-state index contributed by atoms with van der Waals surface area (Å²) >= 11 is 0. The summed E-state index contributed by atoms with van der Waals surface area (Å²) in [5.41, 5.74) is 1.77. The number of carbonyl (C=O) groups excluding carboxylic acids is 2. The molecule has 106 valence electrons. The summed E-state index contributed by atoms with van der Waals surface area (Å²) in [6.07, 6.45) is 5.32. The number of hydrogen-bond acceptors (Lipinski definition) is 3. The molecule has 0 amide bonds. The third-order valence-corrected chi connectivity index (χ3v) is 6.12. The summed E-state index contributed by atoms with van der Waals surface area (Å²) in [7, 11) is 0. The number of carbonyl (C=O) groups is 2. The van der Waals surface area contributed by atoms with Gasteiger partial charge >= 0.3 is 0 Å². The molecular weight excluding hydrogens is 264 g/mol. The van der Waals surface area contributed by atoms with Gasteiger partial charge in [0.2, 0.25) is 0 Å². The lowest BCUT2D eigenvalue weighted by Crippen LogP contribution is -2.56. The minimum Gasteiger partial charge on any atom is -0.380 e. The average molecular weight is 280 g/mol. The van der Waals surface area contributed by atoms with Crippen LogP contribution < -0.4 is 0 Å². The molecule has 1 aromatic carbocycles. The highest BCUT2D eigenvalue weighted by Gasteiger charge is 2.64. The van der Waals surface area contributed by atoms with Gasteiger partial charge in [0, 0.05) is 29.6 Å². The molecule has 1 aromatic rings. The van der Waals surface area contributed by atoms with Gasteiger partial charge in [0.25, 0.3) is 0 Å². The van der Waals surface area contributed by atoms with E-state index in [1.54, 1.807) is 0 Å². The van der Waals surface area contributed by atoms with Gasteiger partial charge in [-0.15, -0.1) is 0 Å². The van der Waals surface area contributed by atoms with E-state index in [0.29, 0.717) is 26.1 Å². The fourth-order valence-electron chi connectivity index (χ4n) is 5.17. The molecule has 8 rings (SSSR count). The van der Waals surface area contributed by atoms with Crippen molar-refractivity contribution in [3.8, 4) is 0 Å². The third kappa shape index (κ3) is 1.17. The highest BCUT2D eigenvalue weighted by molar-refractivity contribution is 6.07. The molecule has 2 fully saturated rings. The molecule has 0 radical (unpaired) electrons. The Morgan fingerprint density at radius 3 is 2.62 bits per heavy atom. The molecular formula is C18H16O3. The van der Waals surface area contributed by atoms with Crippen LogP contribution in [0, 0.1) is 11.3 Å². The monoisotopic (exact) mass is 280 g/mol. The van der Waals surface area contributed by atoms with Crippen molar-refractivity contribution in [3.63, 3.8) is 0 Å². The zero-order valence-electron chi connectivity index (χ0n) is 11.7. The van der Waals surface area contributed by atoms with E-state index in [1.807, 2.05) is 6.07 Å². The van der Waals surface area contributed by atoms with E-state index in [-0.39, 0.29) is 28.3 Å². The van der Waals surface area contributed by atoms with E-state index in [2.05, 4.69) is 30.4 Å². The van der Waals surface area contributed by atoms with Crippen LogP contribution in [0.4, 0.5) is 0 Å². The maximum absolute atomic E-state index is 12.7. The molecule has 7 aliphatic rings. The lowest BCUT2D eigenvalue weighted by molar-refractivity contribution is -0.143. The molecule has 1 saturated heterocycles. The number of ketones is 2. The standard InChI is InChI=1S/C18H16O3/c19-14-7-17-8-15(20)16(14)12-5-6-18(17,10-21-9-17)13-4-2-1-3-11(12)13/h1-6,12,16H,7-10H2. The molecule has 3 heteroatoms. The molecule has 1 saturated carbocycles. The van der Waals surface area contributed by atoms with E-state index in [4.69, 9.17) is 4.74 Å². The van der Waals surface area contributed by atoms with E-state index in [1.165, 1.54) is 5.56 Å². The highest BCUT2D eigenvalue weighted by Crippen LogP contribution is 2.62. The largest absolute Gasteiger partial charge is 0.380 e. The molecule has 6 aliphatic carbocycles. The van der Waals surface area contributed by atoms with Gasteiger partial charge in [0.15, 0.2) is 0 Å². The van der Waals surface area contributed by atoms with Gasteiger partial charge in [-0.05, 0) is 11.1 Å². The Labute approximate surface area is 123 Å². The van der Waals surface area contributed by atoms with Crippen LogP contribution in [0.15, 0.2) is 36.4 Å². The van der Waals surface area contributed by atoms with Crippen molar-refractivity contribution in [3.05, 3.63) is 47.5 Å². The summed E-state index contributed by atoms with van der Waals surface area (Å²) in [6.45, 7) is 1.10. The minimum atomic E-state index is -0.480. The summed E-state index contributed by atoms with van der Waals surface area (Å²) in [6, 6.07) is 8.31. The fraction of sp³-hybridized carbons (Fsp3) is 0.444. The normalized spacial score (nSPS) is 42.7. The molecule has 2 unspecified atom stereocenters. The van der Waals surface area contributed by atoms with Crippen molar-refractivity contribution in [2.24, 2.45) is 11.3 Å². The Kier molecular flexibility index (Phi) is 1.99. The van der Waals surface area contributed by atoms with Crippen LogP contribution in [0.25, 0.3) is 0 Å². The summed E-state index contributed by atoms with van der Waals surface area (Å²) in [5.74, 6) is -0.326. The van der Waals surface area contributed by atoms with Crippen LogP contribution in [0.2, 0.25) is 0 Å². The molecule has 3 nitrogen and oxygen atoms in total. The van der Waals surface area contributed by atoms with Gasteiger partial charge in [-0.1, -0.05) is 36.4 Å². The van der Waals surface area contributed by atoms with E-state index < -0.39 is 5.92 Å². The van der Waals surface area contributed by atoms with Crippen molar-refractivity contribution in [2.45, 2.75) is 24.2 Å².